The molecule has 1 atom stereocenters. The Bertz CT molecular complexity index is 1330. The van der Waals surface area contributed by atoms with E-state index in [4.69, 9.17) is 14.2 Å². The van der Waals surface area contributed by atoms with Gasteiger partial charge in [-0.3, -0.25) is 4.79 Å². The van der Waals surface area contributed by atoms with Crippen LogP contribution in [0.25, 0.3) is 0 Å². The number of esters is 1. The van der Waals surface area contributed by atoms with Gasteiger partial charge in [-0.2, -0.15) is 0 Å². The van der Waals surface area contributed by atoms with Gasteiger partial charge in [-0.15, -0.1) is 0 Å². The topological polar surface area (TPSA) is 73.9 Å². The van der Waals surface area contributed by atoms with Crippen LogP contribution < -0.4 is 14.8 Å². The molecule has 0 radical (unpaired) electrons. The number of benzene rings is 4. The number of hydrogen-bond acceptors (Lipinski definition) is 5. The smallest absolute Gasteiger partial charge is 0.328 e. The van der Waals surface area contributed by atoms with E-state index in [-0.39, 0.29) is 12.3 Å². The minimum Gasteiger partial charge on any atom is -0.489 e. The van der Waals surface area contributed by atoms with Crippen molar-refractivity contribution in [2.24, 2.45) is 0 Å². The van der Waals surface area contributed by atoms with E-state index in [1.165, 1.54) is 7.11 Å². The second kappa shape index (κ2) is 13.1. The Labute approximate surface area is 223 Å². The van der Waals surface area contributed by atoms with Gasteiger partial charge in [0.15, 0.2) is 0 Å². The molecular formula is C32H31NO5. The van der Waals surface area contributed by atoms with Gasteiger partial charge in [0, 0.05) is 12.0 Å². The average Bonchev–Trinajstić information content (AvgIpc) is 2.96. The van der Waals surface area contributed by atoms with Crippen LogP contribution in [0, 0.1) is 6.92 Å². The molecule has 0 saturated heterocycles. The van der Waals surface area contributed by atoms with E-state index >= 15 is 0 Å². The summed E-state index contributed by atoms with van der Waals surface area (Å²) in [7, 11) is 1.31. The fraction of sp³-hybridized carbons (Fsp3) is 0.188. The first-order valence-electron chi connectivity index (χ1n) is 12.4. The molecule has 6 heteroatoms. The van der Waals surface area contributed by atoms with Crippen molar-refractivity contribution >= 4 is 11.9 Å². The molecule has 38 heavy (non-hydrogen) atoms. The lowest BCUT2D eigenvalue weighted by Crippen LogP contribution is -2.43. The van der Waals surface area contributed by atoms with Crippen LogP contribution in [0.5, 0.6) is 11.5 Å². The Morgan fingerprint density at radius 2 is 1.32 bits per heavy atom. The molecule has 0 bridgehead atoms. The lowest BCUT2D eigenvalue weighted by Gasteiger charge is -2.17. The molecule has 0 spiro atoms. The van der Waals surface area contributed by atoms with Crippen molar-refractivity contribution in [3.63, 3.8) is 0 Å². The lowest BCUT2D eigenvalue weighted by atomic mass is 10.0. The molecule has 0 fully saturated rings. The Balaban J connectivity index is 1.33. The minimum atomic E-state index is -0.833. The van der Waals surface area contributed by atoms with Crippen LogP contribution in [-0.2, 0) is 29.2 Å². The molecular weight excluding hydrogens is 478 g/mol. The Morgan fingerprint density at radius 3 is 1.97 bits per heavy atom. The molecule has 0 aliphatic heterocycles. The number of rotatable bonds is 11. The van der Waals surface area contributed by atoms with Gasteiger partial charge in [-0.05, 0) is 65.6 Å². The third-order valence-electron chi connectivity index (χ3n) is 6.17. The van der Waals surface area contributed by atoms with Gasteiger partial charge in [0.05, 0.1) is 7.11 Å². The number of methoxy groups -OCH3 is 1. The third-order valence-corrected chi connectivity index (χ3v) is 6.17. The van der Waals surface area contributed by atoms with E-state index in [1.54, 1.807) is 24.3 Å². The van der Waals surface area contributed by atoms with E-state index in [0.717, 1.165) is 28.0 Å². The maximum Gasteiger partial charge on any atom is 0.328 e. The predicted octanol–water partition coefficient (Wildman–Crippen LogP) is 5.67. The molecule has 0 saturated carbocycles. The summed E-state index contributed by atoms with van der Waals surface area (Å²) in [5.74, 6) is 0.500. The van der Waals surface area contributed by atoms with E-state index in [9.17, 15) is 9.59 Å². The molecule has 4 rings (SSSR count). The zero-order valence-electron chi connectivity index (χ0n) is 21.6. The zero-order chi connectivity index (χ0) is 26.7. The van der Waals surface area contributed by atoms with Crippen molar-refractivity contribution in [3.8, 4) is 11.5 Å². The number of carbonyl (C=O) groups excluding carboxylic acids is 2. The molecule has 0 aromatic heterocycles. The second-order valence-electron chi connectivity index (χ2n) is 8.91. The maximum atomic E-state index is 12.9. The molecule has 1 N–H and O–H groups in total. The quantitative estimate of drug-likeness (QED) is 0.264. The first-order chi connectivity index (χ1) is 18.5. The number of amides is 1. The molecule has 194 valence electrons. The van der Waals surface area contributed by atoms with Crippen LogP contribution in [0.2, 0.25) is 0 Å². The maximum absolute atomic E-state index is 12.9. The monoisotopic (exact) mass is 509 g/mol. The van der Waals surface area contributed by atoms with Crippen molar-refractivity contribution < 1.29 is 23.8 Å². The van der Waals surface area contributed by atoms with Crippen LogP contribution in [0.3, 0.4) is 0 Å². The average molecular weight is 510 g/mol. The normalized spacial score (nSPS) is 11.3. The standard InChI is InChI=1S/C32H31NO5/c1-23-8-6-7-11-27(23)22-38-29-18-14-26(15-19-29)31(34)33-30(32(35)36-2)20-24-12-16-28(17-13-24)37-21-25-9-4-3-5-10-25/h3-19,30H,20-22H2,1-2H3,(H,33,34). The highest BCUT2D eigenvalue weighted by atomic mass is 16.5. The summed E-state index contributed by atoms with van der Waals surface area (Å²) in [6, 6.07) is 31.4. The molecule has 6 nitrogen and oxygen atoms in total. The van der Waals surface area contributed by atoms with Crippen molar-refractivity contribution in [3.05, 3.63) is 131 Å². The first-order valence-corrected chi connectivity index (χ1v) is 12.4. The lowest BCUT2D eigenvalue weighted by molar-refractivity contribution is -0.142. The predicted molar refractivity (Wildman–Crippen MR) is 146 cm³/mol. The van der Waals surface area contributed by atoms with E-state index in [0.29, 0.717) is 24.5 Å². The van der Waals surface area contributed by atoms with Crippen LogP contribution in [0.1, 0.15) is 32.6 Å². The first kappa shape index (κ1) is 26.5. The SMILES string of the molecule is COC(=O)C(Cc1ccc(OCc2ccccc2)cc1)NC(=O)c1ccc(OCc2ccccc2C)cc1. The summed E-state index contributed by atoms with van der Waals surface area (Å²) in [5.41, 5.74) is 4.63. The molecule has 4 aromatic carbocycles. The van der Waals surface area contributed by atoms with E-state index < -0.39 is 12.0 Å². The van der Waals surface area contributed by atoms with Crippen LogP contribution in [0.4, 0.5) is 0 Å². The largest absolute Gasteiger partial charge is 0.489 e. The number of aryl methyl sites for hydroxylation is 1. The molecule has 0 aliphatic carbocycles. The van der Waals surface area contributed by atoms with Crippen LogP contribution in [0.15, 0.2) is 103 Å². The van der Waals surface area contributed by atoms with Gasteiger partial charge in [0.25, 0.3) is 5.91 Å². The van der Waals surface area contributed by atoms with Crippen molar-refractivity contribution in [2.45, 2.75) is 32.6 Å². The Kier molecular flexibility index (Phi) is 9.13. The van der Waals surface area contributed by atoms with Gasteiger partial charge < -0.3 is 19.5 Å². The third kappa shape index (κ3) is 7.46. The molecule has 1 amide bonds. The summed E-state index contributed by atoms with van der Waals surface area (Å²) >= 11 is 0. The van der Waals surface area contributed by atoms with Crippen molar-refractivity contribution in [1.29, 1.82) is 0 Å². The number of ether oxygens (including phenoxy) is 3. The fourth-order valence-electron chi connectivity index (χ4n) is 3.91. The van der Waals surface area contributed by atoms with E-state index in [1.807, 2.05) is 85.8 Å². The van der Waals surface area contributed by atoms with Crippen molar-refractivity contribution in [1.82, 2.24) is 5.32 Å². The summed E-state index contributed by atoms with van der Waals surface area (Å²) in [6.45, 7) is 2.95. The van der Waals surface area contributed by atoms with Crippen LogP contribution >= 0.6 is 0 Å². The molecule has 4 aromatic rings. The highest BCUT2D eigenvalue weighted by Crippen LogP contribution is 2.18. The van der Waals surface area contributed by atoms with Crippen LogP contribution in [-0.4, -0.2) is 25.0 Å². The van der Waals surface area contributed by atoms with Gasteiger partial charge in [0.2, 0.25) is 0 Å². The minimum absolute atomic E-state index is 0.287. The molecule has 0 heterocycles. The van der Waals surface area contributed by atoms with Gasteiger partial charge in [-0.25, -0.2) is 4.79 Å². The molecule has 0 aliphatic rings. The number of carbonyl (C=O) groups is 2. The highest BCUT2D eigenvalue weighted by molar-refractivity contribution is 5.96. The van der Waals surface area contributed by atoms with E-state index in [2.05, 4.69) is 5.32 Å². The summed E-state index contributed by atoms with van der Waals surface area (Å²) in [6.07, 6.45) is 0.287. The fourth-order valence-corrected chi connectivity index (χ4v) is 3.91. The Hall–Kier alpha value is -4.58. The molecule has 1 unspecified atom stereocenters. The summed E-state index contributed by atoms with van der Waals surface area (Å²) < 4.78 is 16.6. The zero-order valence-corrected chi connectivity index (χ0v) is 21.6. The van der Waals surface area contributed by atoms with Gasteiger partial charge >= 0.3 is 5.97 Å². The Morgan fingerprint density at radius 1 is 0.711 bits per heavy atom. The number of nitrogens with one attached hydrogen (secondary N) is 1. The highest BCUT2D eigenvalue weighted by Gasteiger charge is 2.23. The summed E-state index contributed by atoms with van der Waals surface area (Å²) in [4.78, 5) is 25.3. The van der Waals surface area contributed by atoms with Crippen molar-refractivity contribution in [2.75, 3.05) is 7.11 Å². The summed E-state index contributed by atoms with van der Waals surface area (Å²) in [5, 5.41) is 2.79. The van der Waals surface area contributed by atoms with Gasteiger partial charge in [0.1, 0.15) is 30.8 Å². The number of hydrogen-bond donors (Lipinski definition) is 1. The second-order valence-corrected chi connectivity index (χ2v) is 8.91. The van der Waals surface area contributed by atoms with Gasteiger partial charge in [-0.1, -0.05) is 66.7 Å².